The molecule has 3 rings (SSSR count). The van der Waals surface area contributed by atoms with Crippen LogP contribution in [0.2, 0.25) is 0 Å². The van der Waals surface area contributed by atoms with Crippen LogP contribution >= 0.6 is 0 Å². The summed E-state index contributed by atoms with van der Waals surface area (Å²) < 4.78 is 0. The Balaban J connectivity index is 1.54. The lowest BCUT2D eigenvalue weighted by Crippen LogP contribution is -2.32. The molecule has 5 nitrogen and oxygen atoms in total. The van der Waals surface area contributed by atoms with E-state index in [2.05, 4.69) is 15.3 Å². The summed E-state index contributed by atoms with van der Waals surface area (Å²) in [7, 11) is 0. The zero-order valence-corrected chi connectivity index (χ0v) is 12.3. The number of rotatable bonds is 6. The highest BCUT2D eigenvalue weighted by molar-refractivity contribution is 5.79. The van der Waals surface area contributed by atoms with E-state index in [4.69, 9.17) is 0 Å². The Morgan fingerprint density at radius 2 is 2.29 bits per heavy atom. The second kappa shape index (κ2) is 5.48. The average molecular weight is 287 g/mol. The van der Waals surface area contributed by atoms with Crippen LogP contribution < -0.4 is 5.32 Å². The zero-order chi connectivity index (χ0) is 14.9. The molecule has 5 heteroatoms. The Hall–Kier alpha value is -1.88. The first kappa shape index (κ1) is 14.1. The lowest BCUT2D eigenvalue weighted by Gasteiger charge is -2.12. The summed E-state index contributed by atoms with van der Waals surface area (Å²) in [5.74, 6) is 0.865. The number of para-hydroxylation sites is 1. The summed E-state index contributed by atoms with van der Waals surface area (Å²) in [4.78, 5) is 19.7. The summed E-state index contributed by atoms with van der Waals surface area (Å²) in [5, 5.41) is 12.1. The van der Waals surface area contributed by atoms with Gasteiger partial charge in [0, 0.05) is 24.8 Å². The maximum Gasteiger partial charge on any atom is 0.220 e. The summed E-state index contributed by atoms with van der Waals surface area (Å²) >= 11 is 0. The molecule has 0 aliphatic heterocycles. The first-order valence-electron chi connectivity index (χ1n) is 7.44. The van der Waals surface area contributed by atoms with Gasteiger partial charge in [0.25, 0.3) is 0 Å². The number of H-pyrrole nitrogens is 1. The van der Waals surface area contributed by atoms with Gasteiger partial charge in [0.05, 0.1) is 17.6 Å². The van der Waals surface area contributed by atoms with Gasteiger partial charge in [-0.25, -0.2) is 4.98 Å². The number of imidazole rings is 1. The second-order valence-electron chi connectivity index (χ2n) is 6.09. The van der Waals surface area contributed by atoms with Crippen LogP contribution in [0.1, 0.15) is 30.7 Å². The fraction of sp³-hybridized carbons (Fsp3) is 0.500. The normalized spacial score (nSPS) is 16.1. The minimum Gasteiger partial charge on any atom is -0.396 e. The lowest BCUT2D eigenvalue weighted by atomic mass is 10.1. The molecule has 1 aromatic carbocycles. The van der Waals surface area contributed by atoms with Crippen molar-refractivity contribution < 1.29 is 9.90 Å². The number of nitrogens with zero attached hydrogens (tertiary/aromatic N) is 1. The maximum absolute atomic E-state index is 11.9. The number of amides is 1. The van der Waals surface area contributed by atoms with E-state index in [9.17, 15) is 9.90 Å². The number of aryl methyl sites for hydroxylation is 2. The molecule has 0 bridgehead atoms. The first-order valence-corrected chi connectivity index (χ1v) is 7.44. The number of benzene rings is 1. The van der Waals surface area contributed by atoms with Gasteiger partial charge in [-0.1, -0.05) is 12.1 Å². The van der Waals surface area contributed by atoms with Gasteiger partial charge < -0.3 is 15.4 Å². The van der Waals surface area contributed by atoms with Gasteiger partial charge in [-0.2, -0.15) is 0 Å². The average Bonchev–Trinajstić information content (AvgIpc) is 3.15. The van der Waals surface area contributed by atoms with Crippen molar-refractivity contribution in [1.29, 1.82) is 0 Å². The highest BCUT2D eigenvalue weighted by Gasteiger charge is 2.41. The number of aliphatic hydroxyl groups is 1. The standard InChI is InChI=1S/C16H21N3O2/c1-11-3-2-4-12-15(11)19-13(18-12)5-6-14(21)17-9-16(10-20)7-8-16/h2-4,20H,5-10H2,1H3,(H,17,21)(H,18,19). The summed E-state index contributed by atoms with van der Waals surface area (Å²) in [6.45, 7) is 2.78. The van der Waals surface area contributed by atoms with E-state index in [1.807, 2.05) is 25.1 Å². The number of aromatic nitrogens is 2. The van der Waals surface area contributed by atoms with Crippen molar-refractivity contribution in [2.45, 2.75) is 32.6 Å². The number of nitrogens with one attached hydrogen (secondary N) is 2. The molecule has 1 fully saturated rings. The lowest BCUT2D eigenvalue weighted by molar-refractivity contribution is -0.121. The Labute approximate surface area is 123 Å². The number of carbonyl (C=O) groups is 1. The fourth-order valence-electron chi connectivity index (χ4n) is 2.52. The van der Waals surface area contributed by atoms with Crippen LogP contribution in [0.15, 0.2) is 18.2 Å². The van der Waals surface area contributed by atoms with Crippen molar-refractivity contribution in [3.63, 3.8) is 0 Å². The molecule has 1 amide bonds. The van der Waals surface area contributed by atoms with Crippen LogP contribution in [0.25, 0.3) is 11.0 Å². The Morgan fingerprint density at radius 1 is 1.48 bits per heavy atom. The largest absolute Gasteiger partial charge is 0.396 e. The molecule has 21 heavy (non-hydrogen) atoms. The third-order valence-corrected chi connectivity index (χ3v) is 4.31. The Bertz CT molecular complexity index is 659. The molecule has 0 saturated heterocycles. The summed E-state index contributed by atoms with van der Waals surface area (Å²) in [6, 6.07) is 6.02. The van der Waals surface area contributed by atoms with E-state index < -0.39 is 0 Å². The van der Waals surface area contributed by atoms with Crippen molar-refractivity contribution in [2.24, 2.45) is 5.41 Å². The van der Waals surface area contributed by atoms with Crippen molar-refractivity contribution >= 4 is 16.9 Å². The first-order chi connectivity index (χ1) is 10.1. The molecule has 0 spiro atoms. The third-order valence-electron chi connectivity index (χ3n) is 4.31. The van der Waals surface area contributed by atoms with Gasteiger partial charge >= 0.3 is 0 Å². The van der Waals surface area contributed by atoms with Crippen LogP contribution in [0.5, 0.6) is 0 Å². The fourth-order valence-corrected chi connectivity index (χ4v) is 2.52. The number of hydrogen-bond donors (Lipinski definition) is 3. The number of aliphatic hydroxyl groups excluding tert-OH is 1. The highest BCUT2D eigenvalue weighted by Crippen LogP contribution is 2.44. The van der Waals surface area contributed by atoms with Gasteiger partial charge in [0.1, 0.15) is 5.82 Å². The van der Waals surface area contributed by atoms with Gasteiger partial charge in [0.2, 0.25) is 5.91 Å². The molecular formula is C16H21N3O2. The Morgan fingerprint density at radius 3 is 2.95 bits per heavy atom. The minimum absolute atomic E-state index is 0.0203. The molecule has 0 unspecified atom stereocenters. The summed E-state index contributed by atoms with van der Waals surface area (Å²) in [6.07, 6.45) is 3.03. The molecule has 0 radical (unpaired) electrons. The van der Waals surface area contributed by atoms with E-state index >= 15 is 0 Å². The third kappa shape index (κ3) is 3.08. The van der Waals surface area contributed by atoms with Crippen LogP contribution in [0, 0.1) is 12.3 Å². The number of carbonyl (C=O) groups excluding carboxylic acids is 1. The van der Waals surface area contributed by atoms with E-state index in [0.29, 0.717) is 19.4 Å². The SMILES string of the molecule is Cc1cccc2[nH]c(CCC(=O)NCC3(CO)CC3)nc12. The van der Waals surface area contributed by atoms with Crippen LogP contribution in [-0.4, -0.2) is 34.1 Å². The van der Waals surface area contributed by atoms with Gasteiger partial charge in [-0.05, 0) is 31.4 Å². The molecule has 1 saturated carbocycles. The molecule has 2 aromatic rings. The van der Waals surface area contributed by atoms with Crippen molar-refractivity contribution in [2.75, 3.05) is 13.2 Å². The van der Waals surface area contributed by atoms with E-state index in [1.165, 1.54) is 0 Å². The smallest absolute Gasteiger partial charge is 0.220 e. The maximum atomic E-state index is 11.9. The number of hydrogen-bond acceptors (Lipinski definition) is 3. The molecule has 112 valence electrons. The molecule has 3 N–H and O–H groups in total. The number of fused-ring (bicyclic) bond motifs is 1. The van der Waals surface area contributed by atoms with Crippen molar-refractivity contribution in [3.8, 4) is 0 Å². The Kier molecular flexibility index (Phi) is 3.68. The second-order valence-corrected chi connectivity index (χ2v) is 6.09. The monoisotopic (exact) mass is 287 g/mol. The predicted octanol–water partition coefficient (Wildman–Crippen LogP) is 1.69. The number of aromatic amines is 1. The topological polar surface area (TPSA) is 78.0 Å². The van der Waals surface area contributed by atoms with Crippen LogP contribution in [-0.2, 0) is 11.2 Å². The highest BCUT2D eigenvalue weighted by atomic mass is 16.3. The molecule has 1 heterocycles. The van der Waals surface area contributed by atoms with Crippen molar-refractivity contribution in [3.05, 3.63) is 29.6 Å². The van der Waals surface area contributed by atoms with Gasteiger partial charge in [-0.15, -0.1) is 0 Å². The van der Waals surface area contributed by atoms with Crippen LogP contribution in [0.3, 0.4) is 0 Å². The quantitative estimate of drug-likeness (QED) is 0.756. The summed E-state index contributed by atoms with van der Waals surface area (Å²) in [5.41, 5.74) is 3.09. The minimum atomic E-state index is -0.0356. The van der Waals surface area contributed by atoms with E-state index in [1.54, 1.807) is 0 Å². The van der Waals surface area contributed by atoms with Crippen molar-refractivity contribution in [1.82, 2.24) is 15.3 Å². The van der Waals surface area contributed by atoms with E-state index in [0.717, 1.165) is 35.3 Å². The molecule has 1 aliphatic carbocycles. The predicted molar refractivity (Wildman–Crippen MR) is 80.9 cm³/mol. The molecule has 0 atom stereocenters. The van der Waals surface area contributed by atoms with Crippen LogP contribution in [0.4, 0.5) is 0 Å². The molecular weight excluding hydrogens is 266 g/mol. The molecule has 1 aromatic heterocycles. The van der Waals surface area contributed by atoms with Gasteiger partial charge in [-0.3, -0.25) is 4.79 Å². The van der Waals surface area contributed by atoms with E-state index in [-0.39, 0.29) is 17.9 Å². The van der Waals surface area contributed by atoms with Gasteiger partial charge in [0.15, 0.2) is 0 Å². The molecule has 1 aliphatic rings. The zero-order valence-electron chi connectivity index (χ0n) is 12.3.